The van der Waals surface area contributed by atoms with E-state index in [9.17, 15) is 4.79 Å². The molecule has 64 valence electrons. The van der Waals surface area contributed by atoms with Crippen molar-refractivity contribution in [3.63, 3.8) is 0 Å². The summed E-state index contributed by atoms with van der Waals surface area (Å²) >= 11 is 0. The topological polar surface area (TPSA) is 49.6 Å². The molecule has 4 heteroatoms. The van der Waals surface area contributed by atoms with Gasteiger partial charge in [0, 0.05) is 0 Å². The van der Waals surface area contributed by atoms with E-state index in [4.69, 9.17) is 5.84 Å². The normalized spacial score (nSPS) is 33.5. The van der Waals surface area contributed by atoms with E-state index < -0.39 is 0 Å². The molecule has 0 radical (unpaired) electrons. The van der Waals surface area contributed by atoms with Gasteiger partial charge in [0.2, 0.25) is 0 Å². The Bertz CT molecular complexity index is 171. The molecule has 1 aliphatic rings. The molecule has 0 aliphatic carbocycles. The van der Waals surface area contributed by atoms with Gasteiger partial charge in [-0.25, -0.2) is 5.84 Å². The number of nitrogens with zero attached hydrogens (tertiary/aromatic N) is 2. The predicted molar refractivity (Wildman–Crippen MR) is 42.3 cm³/mol. The molecule has 1 aliphatic heterocycles. The lowest BCUT2D eigenvalue weighted by molar-refractivity contribution is -0.130. The number of carbonyl (C=O) groups excluding carboxylic acids is 1. The third kappa shape index (κ3) is 1.12. The molecule has 0 saturated carbocycles. The van der Waals surface area contributed by atoms with Crippen LogP contribution in [0.15, 0.2) is 0 Å². The molecule has 1 amide bonds. The summed E-state index contributed by atoms with van der Waals surface area (Å²) in [7, 11) is 1.92. The zero-order valence-electron chi connectivity index (χ0n) is 7.24. The molecule has 2 unspecified atom stereocenters. The Labute approximate surface area is 66.9 Å². The highest BCUT2D eigenvalue weighted by Crippen LogP contribution is 2.18. The number of hydrogen-bond acceptors (Lipinski definition) is 3. The van der Waals surface area contributed by atoms with Crippen molar-refractivity contribution in [1.29, 1.82) is 0 Å². The van der Waals surface area contributed by atoms with Gasteiger partial charge in [-0.3, -0.25) is 14.7 Å². The Balaban J connectivity index is 2.77. The lowest BCUT2D eigenvalue weighted by Crippen LogP contribution is -2.40. The Hall–Kier alpha value is -0.610. The van der Waals surface area contributed by atoms with Crippen molar-refractivity contribution in [3.05, 3.63) is 0 Å². The van der Waals surface area contributed by atoms with Crippen LogP contribution in [0.3, 0.4) is 0 Å². The molecule has 0 aromatic heterocycles. The lowest BCUT2D eigenvalue weighted by atomic mass is 10.2. The van der Waals surface area contributed by atoms with Crippen molar-refractivity contribution in [2.75, 3.05) is 7.05 Å². The number of hydrogen-bond donors (Lipinski definition) is 1. The third-order valence-corrected chi connectivity index (χ3v) is 2.41. The molecule has 1 heterocycles. The van der Waals surface area contributed by atoms with Gasteiger partial charge >= 0.3 is 0 Å². The van der Waals surface area contributed by atoms with E-state index >= 15 is 0 Å². The summed E-state index contributed by atoms with van der Waals surface area (Å²) < 4.78 is 0. The van der Waals surface area contributed by atoms with Crippen molar-refractivity contribution < 1.29 is 4.79 Å². The van der Waals surface area contributed by atoms with E-state index in [2.05, 4.69) is 0 Å². The molecule has 0 spiro atoms. The fourth-order valence-electron chi connectivity index (χ4n) is 1.45. The summed E-state index contributed by atoms with van der Waals surface area (Å²) in [6, 6.07) is -0.0185. The van der Waals surface area contributed by atoms with Crippen LogP contribution in [0.5, 0.6) is 0 Å². The van der Waals surface area contributed by atoms with Gasteiger partial charge in [0.05, 0.1) is 12.2 Å². The van der Waals surface area contributed by atoms with Gasteiger partial charge in [0.25, 0.3) is 5.91 Å². The van der Waals surface area contributed by atoms with E-state index in [1.807, 2.05) is 25.8 Å². The summed E-state index contributed by atoms with van der Waals surface area (Å²) in [5.41, 5.74) is 0. The van der Waals surface area contributed by atoms with Crippen LogP contribution in [0, 0.1) is 0 Å². The van der Waals surface area contributed by atoms with Crippen molar-refractivity contribution in [2.24, 2.45) is 5.84 Å². The quantitative estimate of drug-likeness (QED) is 0.422. The average molecular weight is 157 g/mol. The highest BCUT2D eigenvalue weighted by Gasteiger charge is 2.38. The van der Waals surface area contributed by atoms with Crippen molar-refractivity contribution in [2.45, 2.75) is 32.5 Å². The molecule has 4 nitrogen and oxygen atoms in total. The van der Waals surface area contributed by atoms with Crippen LogP contribution in [-0.4, -0.2) is 35.1 Å². The van der Waals surface area contributed by atoms with Crippen LogP contribution >= 0.6 is 0 Å². The van der Waals surface area contributed by atoms with Crippen LogP contribution in [0.2, 0.25) is 0 Å². The summed E-state index contributed by atoms with van der Waals surface area (Å²) in [6.45, 7) is 3.92. The van der Waals surface area contributed by atoms with Gasteiger partial charge in [0.15, 0.2) is 0 Å². The molecule has 0 aromatic rings. The minimum absolute atomic E-state index is 0.0185. The highest BCUT2D eigenvalue weighted by atomic mass is 16.2. The van der Waals surface area contributed by atoms with E-state index in [-0.39, 0.29) is 18.1 Å². The first-order valence-corrected chi connectivity index (χ1v) is 3.89. The Morgan fingerprint density at radius 2 is 2.18 bits per heavy atom. The second kappa shape index (κ2) is 2.79. The maximum Gasteiger partial charge on any atom is 0.255 e. The molecule has 1 rings (SSSR count). The molecular formula is C7H15N3O. The van der Waals surface area contributed by atoms with Gasteiger partial charge in [-0.15, -0.1) is 0 Å². The minimum Gasteiger partial charge on any atom is -0.274 e. The molecule has 0 aromatic carbocycles. The molecule has 0 bridgehead atoms. The van der Waals surface area contributed by atoms with Gasteiger partial charge in [-0.1, -0.05) is 6.92 Å². The predicted octanol–water partition coefficient (Wildman–Crippen LogP) is -0.241. The Kier molecular flexibility index (Phi) is 2.15. The largest absolute Gasteiger partial charge is 0.274 e. The monoisotopic (exact) mass is 157 g/mol. The lowest BCUT2D eigenvalue weighted by Gasteiger charge is -2.20. The van der Waals surface area contributed by atoms with E-state index in [1.54, 1.807) is 0 Å². The maximum atomic E-state index is 11.3. The number of rotatable bonds is 1. The zero-order valence-corrected chi connectivity index (χ0v) is 7.24. The fourth-order valence-corrected chi connectivity index (χ4v) is 1.45. The van der Waals surface area contributed by atoms with Gasteiger partial charge in [-0.05, 0) is 20.4 Å². The molecule has 11 heavy (non-hydrogen) atoms. The number of carbonyl (C=O) groups is 1. The number of nitrogens with two attached hydrogens (primary N) is 1. The van der Waals surface area contributed by atoms with Crippen LogP contribution < -0.4 is 5.84 Å². The Morgan fingerprint density at radius 3 is 2.36 bits per heavy atom. The number of likely N-dealkylation sites (N-methyl/N-ethyl adjacent to an activating group) is 1. The number of amides is 1. The van der Waals surface area contributed by atoms with Crippen LogP contribution in [0.25, 0.3) is 0 Å². The van der Waals surface area contributed by atoms with Gasteiger partial charge in [-0.2, -0.15) is 0 Å². The Morgan fingerprint density at radius 1 is 1.64 bits per heavy atom. The van der Waals surface area contributed by atoms with Crippen molar-refractivity contribution in [1.82, 2.24) is 9.91 Å². The highest BCUT2D eigenvalue weighted by molar-refractivity contribution is 5.83. The minimum atomic E-state index is -0.0185. The summed E-state index contributed by atoms with van der Waals surface area (Å²) in [5.74, 6) is 5.55. The summed E-state index contributed by atoms with van der Waals surface area (Å²) in [5, 5.41) is 1.30. The summed E-state index contributed by atoms with van der Waals surface area (Å²) in [4.78, 5) is 13.3. The van der Waals surface area contributed by atoms with E-state index in [1.165, 1.54) is 5.01 Å². The van der Waals surface area contributed by atoms with Gasteiger partial charge in [0.1, 0.15) is 0 Å². The maximum absolute atomic E-state index is 11.3. The fraction of sp³-hybridized carbons (Fsp3) is 0.857. The molecular weight excluding hydrogens is 142 g/mol. The molecule has 1 fully saturated rings. The third-order valence-electron chi connectivity index (χ3n) is 2.41. The van der Waals surface area contributed by atoms with E-state index in [0.29, 0.717) is 0 Å². The molecule has 2 N–H and O–H groups in total. The smallest absolute Gasteiger partial charge is 0.255 e. The second-order valence-electron chi connectivity index (χ2n) is 2.97. The summed E-state index contributed by atoms with van der Waals surface area (Å²) in [6.07, 6.45) is 0.861. The molecule has 1 saturated heterocycles. The second-order valence-corrected chi connectivity index (χ2v) is 2.97. The SMILES string of the molecule is CCC1C(=O)N(N)C(C)N1C. The first-order valence-electron chi connectivity index (χ1n) is 3.89. The van der Waals surface area contributed by atoms with E-state index in [0.717, 1.165) is 6.42 Å². The zero-order chi connectivity index (χ0) is 8.59. The number of hydrazine groups is 1. The van der Waals surface area contributed by atoms with Crippen molar-refractivity contribution in [3.8, 4) is 0 Å². The average Bonchev–Trinajstić information content (AvgIpc) is 2.17. The van der Waals surface area contributed by atoms with Crippen LogP contribution in [0.4, 0.5) is 0 Å². The molecule has 2 atom stereocenters. The first kappa shape index (κ1) is 8.49. The van der Waals surface area contributed by atoms with Crippen LogP contribution in [0.1, 0.15) is 20.3 Å². The standard InChI is InChI=1S/C7H15N3O/c1-4-6-7(11)10(8)5(2)9(6)3/h5-6H,4,8H2,1-3H3. The first-order chi connectivity index (χ1) is 5.09. The van der Waals surface area contributed by atoms with Crippen LogP contribution in [-0.2, 0) is 4.79 Å². The van der Waals surface area contributed by atoms with Crippen molar-refractivity contribution >= 4 is 5.91 Å². The van der Waals surface area contributed by atoms with Gasteiger partial charge < -0.3 is 0 Å².